The van der Waals surface area contributed by atoms with Gasteiger partial charge in [0.15, 0.2) is 11.8 Å². The zero-order chi connectivity index (χ0) is 16.6. The van der Waals surface area contributed by atoms with Gasteiger partial charge in [-0.2, -0.15) is 5.10 Å². The van der Waals surface area contributed by atoms with Crippen molar-refractivity contribution in [1.82, 2.24) is 25.4 Å². The Morgan fingerprint density at radius 1 is 1.42 bits per heavy atom. The van der Waals surface area contributed by atoms with Gasteiger partial charge in [-0.25, -0.2) is 14.7 Å². The maximum Gasteiger partial charge on any atom is 0.191 e. The summed E-state index contributed by atoms with van der Waals surface area (Å²) >= 11 is 0. The van der Waals surface area contributed by atoms with E-state index >= 15 is 0 Å². The second kappa shape index (κ2) is 8.44. The average molecular weight is 328 g/mol. The third-order valence-corrected chi connectivity index (χ3v) is 3.83. The zero-order valence-corrected chi connectivity index (χ0v) is 14.0. The molecule has 0 spiro atoms. The number of hydrogen-bond acceptors (Lipinski definition) is 4. The average Bonchev–Trinajstić information content (AvgIpc) is 3.31. The van der Waals surface area contributed by atoms with Crippen LogP contribution in [0, 0.1) is 0 Å². The van der Waals surface area contributed by atoms with E-state index < -0.39 is 0 Å². The van der Waals surface area contributed by atoms with E-state index in [0.717, 1.165) is 49.9 Å². The highest BCUT2D eigenvalue weighted by atomic mass is 16.5. The molecule has 7 nitrogen and oxygen atoms in total. The van der Waals surface area contributed by atoms with Crippen LogP contribution in [0.1, 0.15) is 25.3 Å². The number of pyridine rings is 1. The quantitative estimate of drug-likeness (QED) is 0.621. The summed E-state index contributed by atoms with van der Waals surface area (Å²) in [5, 5.41) is 10.8. The minimum absolute atomic E-state index is 0.293. The lowest BCUT2D eigenvalue weighted by atomic mass is 10.2. The molecule has 1 fully saturated rings. The summed E-state index contributed by atoms with van der Waals surface area (Å²) in [7, 11) is 0. The van der Waals surface area contributed by atoms with Crippen LogP contribution >= 0.6 is 0 Å². The van der Waals surface area contributed by atoms with Gasteiger partial charge in [-0.15, -0.1) is 0 Å². The molecule has 0 bridgehead atoms. The molecule has 0 aromatic carbocycles. The Balaban J connectivity index is 1.61. The number of guanidine groups is 1. The lowest BCUT2D eigenvalue weighted by Crippen LogP contribution is -2.41. The molecule has 128 valence electrons. The Morgan fingerprint density at radius 2 is 2.38 bits per heavy atom. The summed E-state index contributed by atoms with van der Waals surface area (Å²) in [6, 6.07) is 5.85. The second-order valence-corrected chi connectivity index (χ2v) is 5.68. The van der Waals surface area contributed by atoms with E-state index in [1.807, 2.05) is 24.4 Å². The monoisotopic (exact) mass is 328 g/mol. The highest BCUT2D eigenvalue weighted by Crippen LogP contribution is 2.10. The fourth-order valence-electron chi connectivity index (χ4n) is 2.62. The summed E-state index contributed by atoms with van der Waals surface area (Å²) in [4.78, 5) is 8.99. The van der Waals surface area contributed by atoms with Crippen LogP contribution in [0.5, 0.6) is 0 Å². The van der Waals surface area contributed by atoms with E-state index in [4.69, 9.17) is 4.74 Å². The van der Waals surface area contributed by atoms with E-state index in [1.54, 1.807) is 17.1 Å². The van der Waals surface area contributed by atoms with Crippen molar-refractivity contribution >= 4 is 5.96 Å². The summed E-state index contributed by atoms with van der Waals surface area (Å²) in [6.45, 7) is 5.13. The molecular formula is C17H24N6O. The molecule has 1 saturated heterocycles. The van der Waals surface area contributed by atoms with Gasteiger partial charge in [0.1, 0.15) is 0 Å². The number of rotatable bonds is 6. The fraction of sp³-hybridized carbons (Fsp3) is 0.471. The van der Waals surface area contributed by atoms with Crippen LogP contribution in [0.25, 0.3) is 5.82 Å². The summed E-state index contributed by atoms with van der Waals surface area (Å²) < 4.78 is 7.38. The maximum atomic E-state index is 5.64. The molecule has 2 aromatic heterocycles. The Hall–Kier alpha value is -2.41. The Kier molecular flexibility index (Phi) is 5.79. The molecule has 2 aromatic rings. The molecule has 3 heterocycles. The van der Waals surface area contributed by atoms with E-state index in [-0.39, 0.29) is 0 Å². The van der Waals surface area contributed by atoms with Gasteiger partial charge in [-0.05, 0) is 43.5 Å². The smallest absolute Gasteiger partial charge is 0.191 e. The number of nitrogens with one attached hydrogen (secondary N) is 2. The molecule has 1 aliphatic heterocycles. The van der Waals surface area contributed by atoms with Gasteiger partial charge in [0, 0.05) is 38.3 Å². The third-order valence-electron chi connectivity index (χ3n) is 3.83. The topological polar surface area (TPSA) is 76.4 Å². The van der Waals surface area contributed by atoms with Crippen molar-refractivity contribution in [1.29, 1.82) is 0 Å². The van der Waals surface area contributed by atoms with Gasteiger partial charge in [0.25, 0.3) is 0 Å². The standard InChI is InChI=1S/C17H24N6O/c1-2-18-17(21-13-15-5-3-10-24-15)20-12-14-6-8-19-16(11-14)23-9-4-7-22-23/h4,6-9,11,15H,2-3,5,10,12-13H2,1H3,(H2,18,20,21). The van der Waals surface area contributed by atoms with Crippen molar-refractivity contribution in [2.24, 2.45) is 4.99 Å². The first kappa shape index (κ1) is 16.4. The molecule has 0 amide bonds. The summed E-state index contributed by atoms with van der Waals surface area (Å²) in [6.07, 6.45) is 7.96. The summed E-state index contributed by atoms with van der Waals surface area (Å²) in [5.74, 6) is 1.61. The number of aromatic nitrogens is 3. The van der Waals surface area contributed by atoms with Crippen molar-refractivity contribution in [3.63, 3.8) is 0 Å². The first-order valence-corrected chi connectivity index (χ1v) is 8.44. The van der Waals surface area contributed by atoms with E-state index in [9.17, 15) is 0 Å². The second-order valence-electron chi connectivity index (χ2n) is 5.68. The first-order chi connectivity index (χ1) is 11.8. The Morgan fingerprint density at radius 3 is 3.12 bits per heavy atom. The molecular weight excluding hydrogens is 304 g/mol. The molecule has 2 N–H and O–H groups in total. The van der Waals surface area contributed by atoms with Crippen LogP contribution in [0.15, 0.2) is 41.8 Å². The summed E-state index contributed by atoms with van der Waals surface area (Å²) in [5.41, 5.74) is 1.09. The molecule has 1 unspecified atom stereocenters. The van der Waals surface area contributed by atoms with Gasteiger partial charge in [-0.1, -0.05) is 0 Å². The normalized spacial score (nSPS) is 17.9. The molecule has 24 heavy (non-hydrogen) atoms. The third kappa shape index (κ3) is 4.55. The maximum absolute atomic E-state index is 5.64. The molecule has 7 heteroatoms. The van der Waals surface area contributed by atoms with Crippen LogP contribution in [0.3, 0.4) is 0 Å². The van der Waals surface area contributed by atoms with Crippen molar-refractivity contribution in [3.8, 4) is 5.82 Å². The van der Waals surface area contributed by atoms with Crippen LogP contribution in [-0.2, 0) is 11.3 Å². The van der Waals surface area contributed by atoms with Gasteiger partial charge in [0.2, 0.25) is 0 Å². The molecule has 0 saturated carbocycles. The molecule has 0 aliphatic carbocycles. The van der Waals surface area contributed by atoms with Crippen molar-refractivity contribution in [2.45, 2.75) is 32.4 Å². The lowest BCUT2D eigenvalue weighted by Gasteiger charge is -2.14. The zero-order valence-electron chi connectivity index (χ0n) is 14.0. The van der Waals surface area contributed by atoms with E-state index in [0.29, 0.717) is 12.6 Å². The number of hydrogen-bond donors (Lipinski definition) is 2. The highest BCUT2D eigenvalue weighted by molar-refractivity contribution is 5.79. The largest absolute Gasteiger partial charge is 0.376 e. The predicted molar refractivity (Wildman–Crippen MR) is 93.2 cm³/mol. The van der Waals surface area contributed by atoms with Gasteiger partial charge < -0.3 is 15.4 Å². The van der Waals surface area contributed by atoms with Gasteiger partial charge >= 0.3 is 0 Å². The van der Waals surface area contributed by atoms with E-state index in [2.05, 4.69) is 32.6 Å². The minimum atomic E-state index is 0.293. The molecule has 1 atom stereocenters. The van der Waals surface area contributed by atoms with Gasteiger partial charge in [0.05, 0.1) is 12.6 Å². The SMILES string of the molecule is CCNC(=NCc1ccnc(-n2cccn2)c1)NCC1CCCO1. The van der Waals surface area contributed by atoms with Crippen molar-refractivity contribution in [3.05, 3.63) is 42.4 Å². The van der Waals surface area contributed by atoms with Crippen molar-refractivity contribution < 1.29 is 4.74 Å². The predicted octanol–water partition coefficient (Wildman–Crippen LogP) is 1.50. The van der Waals surface area contributed by atoms with Crippen LogP contribution in [0.2, 0.25) is 0 Å². The molecule has 1 aliphatic rings. The van der Waals surface area contributed by atoms with Crippen LogP contribution in [-0.4, -0.2) is 46.5 Å². The first-order valence-electron chi connectivity index (χ1n) is 8.44. The Labute approximate surface area is 142 Å². The number of nitrogens with zero attached hydrogens (tertiary/aromatic N) is 4. The van der Waals surface area contributed by atoms with E-state index in [1.165, 1.54) is 0 Å². The minimum Gasteiger partial charge on any atom is -0.376 e. The fourth-order valence-corrected chi connectivity index (χ4v) is 2.62. The Bertz CT molecular complexity index is 649. The lowest BCUT2D eigenvalue weighted by molar-refractivity contribution is 0.114. The highest BCUT2D eigenvalue weighted by Gasteiger charge is 2.15. The number of aliphatic imine (C=N–C) groups is 1. The molecule has 3 rings (SSSR count). The van der Waals surface area contributed by atoms with Gasteiger partial charge in [-0.3, -0.25) is 0 Å². The van der Waals surface area contributed by atoms with Crippen molar-refractivity contribution in [2.75, 3.05) is 19.7 Å². The number of ether oxygens (including phenoxy) is 1. The van der Waals surface area contributed by atoms with Crippen LogP contribution < -0.4 is 10.6 Å². The van der Waals surface area contributed by atoms with Crippen LogP contribution in [0.4, 0.5) is 0 Å². The molecule has 0 radical (unpaired) electrons.